The molecule has 1 fully saturated rings. The van der Waals surface area contributed by atoms with Gasteiger partial charge in [-0.25, -0.2) is 13.1 Å². The van der Waals surface area contributed by atoms with E-state index in [0.717, 1.165) is 12.8 Å². The molecule has 2 unspecified atom stereocenters. The Morgan fingerprint density at radius 2 is 2.19 bits per heavy atom. The Morgan fingerprint density at radius 3 is 2.76 bits per heavy atom. The molecule has 2 atom stereocenters. The van der Waals surface area contributed by atoms with Gasteiger partial charge < -0.3 is 15.0 Å². The maximum absolute atomic E-state index is 12.1. The van der Waals surface area contributed by atoms with Gasteiger partial charge in [-0.2, -0.15) is 0 Å². The van der Waals surface area contributed by atoms with Crippen molar-refractivity contribution >= 4 is 15.9 Å². The van der Waals surface area contributed by atoms with Crippen molar-refractivity contribution in [3.63, 3.8) is 0 Å². The van der Waals surface area contributed by atoms with E-state index in [2.05, 4.69) is 10.0 Å². The SMILES string of the molecule is CNS(=O)(=O)c1cc(C(=O)NCC2CCC(O)C2)n(C)c1. The van der Waals surface area contributed by atoms with E-state index in [1.54, 1.807) is 7.05 Å². The lowest BCUT2D eigenvalue weighted by atomic mass is 10.1. The number of carbonyl (C=O) groups excluding carboxylic acids is 1. The second-order valence-electron chi connectivity index (χ2n) is 5.42. The van der Waals surface area contributed by atoms with Crippen LogP contribution >= 0.6 is 0 Å². The van der Waals surface area contributed by atoms with Crippen LogP contribution in [0.15, 0.2) is 17.2 Å². The fourth-order valence-corrected chi connectivity index (χ4v) is 3.39. The zero-order valence-electron chi connectivity index (χ0n) is 12.2. The van der Waals surface area contributed by atoms with Crippen LogP contribution in [0.5, 0.6) is 0 Å². The molecule has 0 saturated heterocycles. The summed E-state index contributed by atoms with van der Waals surface area (Å²) >= 11 is 0. The molecule has 0 radical (unpaired) electrons. The third-order valence-corrected chi connectivity index (χ3v) is 5.24. The van der Waals surface area contributed by atoms with Crippen LogP contribution in [0.25, 0.3) is 0 Å². The van der Waals surface area contributed by atoms with Crippen LogP contribution in [0.1, 0.15) is 29.8 Å². The number of hydrogen-bond donors (Lipinski definition) is 3. The molecular weight excluding hydrogens is 294 g/mol. The van der Waals surface area contributed by atoms with Crippen molar-refractivity contribution in [2.24, 2.45) is 13.0 Å². The number of aryl methyl sites for hydroxylation is 1. The smallest absolute Gasteiger partial charge is 0.267 e. The highest BCUT2D eigenvalue weighted by molar-refractivity contribution is 7.89. The Bertz CT molecular complexity index is 623. The molecule has 1 amide bonds. The first-order valence-electron chi connectivity index (χ1n) is 6.89. The lowest BCUT2D eigenvalue weighted by Crippen LogP contribution is -2.30. The number of aliphatic hydroxyl groups is 1. The van der Waals surface area contributed by atoms with Gasteiger partial charge in [-0.3, -0.25) is 4.79 Å². The molecule has 1 aliphatic rings. The summed E-state index contributed by atoms with van der Waals surface area (Å²) in [6, 6.07) is 1.35. The van der Waals surface area contributed by atoms with E-state index in [4.69, 9.17) is 0 Å². The monoisotopic (exact) mass is 315 g/mol. The molecule has 0 aromatic carbocycles. The molecule has 7 nitrogen and oxygen atoms in total. The number of nitrogens with one attached hydrogen (secondary N) is 2. The van der Waals surface area contributed by atoms with E-state index in [0.29, 0.717) is 18.7 Å². The van der Waals surface area contributed by atoms with Crippen LogP contribution in [0.3, 0.4) is 0 Å². The largest absolute Gasteiger partial charge is 0.393 e. The van der Waals surface area contributed by atoms with Gasteiger partial charge in [0.15, 0.2) is 0 Å². The summed E-state index contributed by atoms with van der Waals surface area (Å²) in [5, 5.41) is 12.3. The molecular formula is C13H21N3O4S. The molecule has 1 saturated carbocycles. The number of nitrogens with zero attached hydrogens (tertiary/aromatic N) is 1. The average molecular weight is 315 g/mol. The van der Waals surface area contributed by atoms with Crippen molar-refractivity contribution in [1.82, 2.24) is 14.6 Å². The van der Waals surface area contributed by atoms with Gasteiger partial charge in [0.1, 0.15) is 10.6 Å². The normalized spacial score (nSPS) is 22.4. The molecule has 1 aromatic rings. The maximum atomic E-state index is 12.1. The zero-order valence-corrected chi connectivity index (χ0v) is 13.0. The minimum absolute atomic E-state index is 0.0638. The van der Waals surface area contributed by atoms with Crippen molar-refractivity contribution in [2.75, 3.05) is 13.6 Å². The predicted octanol–water partition coefficient (Wildman–Crippen LogP) is -0.176. The number of carbonyl (C=O) groups is 1. The number of rotatable bonds is 5. The minimum atomic E-state index is -3.56. The number of aromatic nitrogens is 1. The van der Waals surface area contributed by atoms with E-state index in [1.165, 1.54) is 23.9 Å². The van der Waals surface area contributed by atoms with Crippen molar-refractivity contribution in [3.05, 3.63) is 18.0 Å². The Morgan fingerprint density at radius 1 is 1.48 bits per heavy atom. The molecule has 0 spiro atoms. The zero-order chi connectivity index (χ0) is 15.6. The highest BCUT2D eigenvalue weighted by Crippen LogP contribution is 2.24. The molecule has 0 aliphatic heterocycles. The summed E-state index contributed by atoms with van der Waals surface area (Å²) in [6.07, 6.45) is 3.50. The Kier molecular flexibility index (Phi) is 4.70. The third kappa shape index (κ3) is 3.63. The van der Waals surface area contributed by atoms with E-state index in [1.807, 2.05) is 0 Å². The van der Waals surface area contributed by atoms with Crippen LogP contribution < -0.4 is 10.0 Å². The van der Waals surface area contributed by atoms with E-state index < -0.39 is 10.0 Å². The maximum Gasteiger partial charge on any atom is 0.267 e. The topological polar surface area (TPSA) is 100 Å². The van der Waals surface area contributed by atoms with Gasteiger partial charge in [0.05, 0.1) is 6.10 Å². The van der Waals surface area contributed by atoms with Crippen LogP contribution in [-0.4, -0.2) is 43.7 Å². The molecule has 21 heavy (non-hydrogen) atoms. The Hall–Kier alpha value is -1.38. The van der Waals surface area contributed by atoms with Crippen molar-refractivity contribution in [3.8, 4) is 0 Å². The van der Waals surface area contributed by atoms with Gasteiger partial charge >= 0.3 is 0 Å². The van der Waals surface area contributed by atoms with Crippen LogP contribution in [0.4, 0.5) is 0 Å². The fraction of sp³-hybridized carbons (Fsp3) is 0.615. The van der Waals surface area contributed by atoms with Gasteiger partial charge in [-0.05, 0) is 38.3 Å². The second kappa shape index (κ2) is 6.17. The van der Waals surface area contributed by atoms with Crippen molar-refractivity contribution in [1.29, 1.82) is 0 Å². The number of amides is 1. The summed E-state index contributed by atoms with van der Waals surface area (Å²) in [4.78, 5) is 12.2. The van der Waals surface area contributed by atoms with Gasteiger partial charge in [0.2, 0.25) is 10.0 Å². The quantitative estimate of drug-likeness (QED) is 0.702. The Labute approximate surface area is 124 Å². The van der Waals surface area contributed by atoms with Gasteiger partial charge in [-0.1, -0.05) is 0 Å². The first-order chi connectivity index (χ1) is 9.83. The lowest BCUT2D eigenvalue weighted by Gasteiger charge is -2.11. The Balaban J connectivity index is 2.03. The molecule has 1 aliphatic carbocycles. The second-order valence-corrected chi connectivity index (χ2v) is 7.31. The molecule has 8 heteroatoms. The van der Waals surface area contributed by atoms with E-state index in [9.17, 15) is 18.3 Å². The van der Waals surface area contributed by atoms with Crippen LogP contribution in [0, 0.1) is 5.92 Å². The highest BCUT2D eigenvalue weighted by Gasteiger charge is 2.24. The number of sulfonamides is 1. The molecule has 2 rings (SSSR count). The molecule has 0 bridgehead atoms. The third-order valence-electron chi connectivity index (χ3n) is 3.86. The van der Waals surface area contributed by atoms with Gasteiger partial charge in [0.25, 0.3) is 5.91 Å². The first kappa shape index (κ1) is 16.0. The molecule has 118 valence electrons. The molecule has 1 heterocycles. The molecule has 1 aromatic heterocycles. The average Bonchev–Trinajstić information content (AvgIpc) is 3.02. The van der Waals surface area contributed by atoms with Gasteiger partial charge in [-0.15, -0.1) is 0 Å². The summed E-state index contributed by atoms with van der Waals surface area (Å²) in [7, 11) is -0.600. The van der Waals surface area contributed by atoms with Crippen LogP contribution in [0.2, 0.25) is 0 Å². The van der Waals surface area contributed by atoms with Gasteiger partial charge in [0, 0.05) is 19.8 Å². The summed E-state index contributed by atoms with van der Waals surface area (Å²) in [5.41, 5.74) is 0.294. The lowest BCUT2D eigenvalue weighted by molar-refractivity contribution is 0.0937. The van der Waals surface area contributed by atoms with E-state index >= 15 is 0 Å². The summed E-state index contributed by atoms with van der Waals surface area (Å²) in [6.45, 7) is 0.495. The minimum Gasteiger partial charge on any atom is -0.393 e. The summed E-state index contributed by atoms with van der Waals surface area (Å²) < 4.78 is 27.1. The molecule has 3 N–H and O–H groups in total. The number of aliphatic hydroxyl groups excluding tert-OH is 1. The van der Waals surface area contributed by atoms with E-state index in [-0.39, 0.29) is 22.8 Å². The fourth-order valence-electron chi connectivity index (χ4n) is 2.59. The van der Waals surface area contributed by atoms with Crippen molar-refractivity contribution in [2.45, 2.75) is 30.3 Å². The van der Waals surface area contributed by atoms with Crippen molar-refractivity contribution < 1.29 is 18.3 Å². The number of hydrogen-bond acceptors (Lipinski definition) is 4. The van der Waals surface area contributed by atoms with Crippen LogP contribution in [-0.2, 0) is 17.1 Å². The standard InChI is InChI=1S/C13H21N3O4S/c1-14-21(19,20)11-6-12(16(2)8-11)13(18)15-7-9-3-4-10(17)5-9/h6,8-10,14,17H,3-5,7H2,1-2H3,(H,15,18). The highest BCUT2D eigenvalue weighted by atomic mass is 32.2. The predicted molar refractivity (Wildman–Crippen MR) is 77.3 cm³/mol. The summed E-state index contributed by atoms with van der Waals surface area (Å²) in [5.74, 6) is -0.0267. The first-order valence-corrected chi connectivity index (χ1v) is 8.38.